The van der Waals surface area contributed by atoms with Crippen molar-refractivity contribution in [3.63, 3.8) is 0 Å². The third-order valence-corrected chi connectivity index (χ3v) is 18.9. The van der Waals surface area contributed by atoms with Gasteiger partial charge < -0.3 is 9.80 Å². The first-order valence-electron chi connectivity index (χ1n) is 28.9. The molecule has 1 saturated carbocycles. The van der Waals surface area contributed by atoms with E-state index in [-0.39, 0.29) is 10.8 Å². The van der Waals surface area contributed by atoms with Gasteiger partial charge in [0.1, 0.15) is 0 Å². The van der Waals surface area contributed by atoms with Crippen LogP contribution in [0.25, 0.3) is 55.3 Å². The Morgan fingerprint density at radius 1 is 0.329 bits per heavy atom. The standard InChI is InChI=1S/C77H64N2/c1-76(2)70-34-18-17-33-66(70)67-46-45-65(51-71(67)76)79(63-31-13-6-14-32-63)73-36-20-26-59-48-61-28-10-4-9-27-60-47-58-25-19-35-72(74(58)77(60,61)75(59)73)78(62-29-11-5-12-30-62)64-43-41-55(42-44-64)69-50-57-24-16-15-23-56(57)49-68(69)54-39-37-53(38-40-54)52-21-7-3-8-22-52/h3,5-8,11-26,29-46,49-51,60-61H,4,9-10,27-28,47-48H2,1-2H3. The van der Waals surface area contributed by atoms with E-state index < -0.39 is 0 Å². The molecule has 0 N–H and O–H groups in total. The van der Waals surface area contributed by atoms with E-state index in [0.29, 0.717) is 11.8 Å². The third-order valence-electron chi connectivity index (χ3n) is 18.9. The maximum atomic E-state index is 2.64. The van der Waals surface area contributed by atoms with E-state index in [4.69, 9.17) is 0 Å². The van der Waals surface area contributed by atoms with Gasteiger partial charge in [0.05, 0.1) is 11.4 Å². The van der Waals surface area contributed by atoms with Crippen molar-refractivity contribution < 1.29 is 0 Å². The molecule has 0 aliphatic heterocycles. The number of rotatable bonds is 9. The molecule has 4 aliphatic carbocycles. The number of anilines is 6. The molecule has 1 fully saturated rings. The van der Waals surface area contributed by atoms with Crippen LogP contribution in [-0.2, 0) is 23.7 Å². The Morgan fingerprint density at radius 2 is 0.772 bits per heavy atom. The van der Waals surface area contributed by atoms with Crippen molar-refractivity contribution in [2.75, 3.05) is 9.80 Å². The lowest BCUT2D eigenvalue weighted by molar-refractivity contribution is 0.205. The normalized spacial score (nSPS) is 18.3. The van der Waals surface area contributed by atoms with Gasteiger partial charge in [0.25, 0.3) is 0 Å². The van der Waals surface area contributed by atoms with Crippen LogP contribution in [0, 0.1) is 11.8 Å². The summed E-state index contributed by atoms with van der Waals surface area (Å²) in [4.78, 5) is 5.24. The highest BCUT2D eigenvalue weighted by Crippen LogP contribution is 2.66. The van der Waals surface area contributed by atoms with Crippen molar-refractivity contribution in [2.24, 2.45) is 11.8 Å². The fourth-order valence-electron chi connectivity index (χ4n) is 15.4. The van der Waals surface area contributed by atoms with Crippen LogP contribution in [-0.4, -0.2) is 0 Å². The lowest BCUT2D eigenvalue weighted by Gasteiger charge is -2.45. The molecule has 0 aromatic heterocycles. The van der Waals surface area contributed by atoms with Crippen molar-refractivity contribution >= 4 is 44.9 Å². The second kappa shape index (κ2) is 19.0. The summed E-state index contributed by atoms with van der Waals surface area (Å²) in [6.07, 6.45) is 8.45. The molecule has 0 saturated heterocycles. The number of fused-ring (bicyclic) bond motifs is 6. The maximum Gasteiger partial charge on any atom is 0.0505 e. The minimum atomic E-state index is -0.208. The molecule has 15 rings (SSSR count). The molecule has 2 heteroatoms. The molecule has 11 aromatic rings. The van der Waals surface area contributed by atoms with Gasteiger partial charge in [-0.3, -0.25) is 0 Å². The van der Waals surface area contributed by atoms with E-state index in [1.807, 2.05) is 0 Å². The van der Waals surface area contributed by atoms with Crippen LogP contribution in [0.5, 0.6) is 0 Å². The summed E-state index contributed by atoms with van der Waals surface area (Å²) in [5.41, 5.74) is 26.0. The first-order chi connectivity index (χ1) is 38.9. The van der Waals surface area contributed by atoms with Crippen LogP contribution in [0.4, 0.5) is 34.1 Å². The van der Waals surface area contributed by atoms with Crippen molar-refractivity contribution in [1.29, 1.82) is 0 Å². The third kappa shape index (κ3) is 7.66. The first-order valence-corrected chi connectivity index (χ1v) is 28.9. The van der Waals surface area contributed by atoms with Crippen molar-refractivity contribution in [1.82, 2.24) is 0 Å². The molecule has 0 bridgehead atoms. The minimum Gasteiger partial charge on any atom is -0.310 e. The summed E-state index contributed by atoms with van der Waals surface area (Å²) in [5, 5.41) is 2.49. The zero-order valence-corrected chi connectivity index (χ0v) is 45.2. The summed E-state index contributed by atoms with van der Waals surface area (Å²) in [7, 11) is 0. The quantitative estimate of drug-likeness (QED) is 0.142. The van der Waals surface area contributed by atoms with Crippen molar-refractivity contribution in [3.8, 4) is 44.5 Å². The van der Waals surface area contributed by atoms with E-state index in [0.717, 1.165) is 12.8 Å². The number of hydrogen-bond donors (Lipinski definition) is 0. The number of nitrogens with zero attached hydrogens (tertiary/aromatic N) is 2. The summed E-state index contributed by atoms with van der Waals surface area (Å²) >= 11 is 0. The average Bonchev–Trinajstić information content (AvgIpc) is 4.10. The van der Waals surface area contributed by atoms with Gasteiger partial charge in [-0.1, -0.05) is 215 Å². The molecular formula is C77H64N2. The van der Waals surface area contributed by atoms with Crippen LogP contribution in [0.3, 0.4) is 0 Å². The van der Waals surface area contributed by atoms with Crippen LogP contribution in [0.2, 0.25) is 0 Å². The molecule has 0 amide bonds. The fourth-order valence-corrected chi connectivity index (χ4v) is 15.4. The molecule has 0 heterocycles. The Balaban J connectivity index is 0.900. The Labute approximate surface area is 466 Å². The highest BCUT2D eigenvalue weighted by atomic mass is 15.2. The Morgan fingerprint density at radius 3 is 1.35 bits per heavy atom. The molecule has 382 valence electrons. The molecule has 0 radical (unpaired) electrons. The van der Waals surface area contributed by atoms with Gasteiger partial charge in [-0.25, -0.2) is 0 Å². The second-order valence-corrected chi connectivity index (χ2v) is 23.4. The second-order valence-electron chi connectivity index (χ2n) is 23.4. The van der Waals surface area contributed by atoms with Gasteiger partial charge in [0.15, 0.2) is 0 Å². The monoisotopic (exact) mass is 1020 g/mol. The summed E-state index contributed by atoms with van der Waals surface area (Å²) in [5.74, 6) is 0.936. The Hall–Kier alpha value is -8.72. The van der Waals surface area contributed by atoms with Crippen molar-refractivity contribution in [2.45, 2.75) is 69.6 Å². The smallest absolute Gasteiger partial charge is 0.0505 e. The van der Waals surface area contributed by atoms with Crippen LogP contribution in [0.1, 0.15) is 79.3 Å². The molecule has 3 atom stereocenters. The van der Waals surface area contributed by atoms with E-state index in [9.17, 15) is 0 Å². The highest BCUT2D eigenvalue weighted by Gasteiger charge is 2.59. The van der Waals surface area contributed by atoms with E-state index in [1.165, 1.54) is 144 Å². The first kappa shape index (κ1) is 47.5. The zero-order chi connectivity index (χ0) is 52.7. The van der Waals surface area contributed by atoms with Crippen LogP contribution < -0.4 is 9.80 Å². The largest absolute Gasteiger partial charge is 0.310 e. The molecule has 2 nitrogen and oxygen atoms in total. The summed E-state index contributed by atoms with van der Waals surface area (Å²) < 4.78 is 0. The van der Waals surface area contributed by atoms with Gasteiger partial charge in [-0.05, 0) is 199 Å². The molecule has 3 unspecified atom stereocenters. The summed E-state index contributed by atoms with van der Waals surface area (Å²) in [6, 6.07) is 96.4. The Bertz CT molecular complexity index is 4070. The predicted octanol–water partition coefficient (Wildman–Crippen LogP) is 20.7. The maximum absolute atomic E-state index is 2.64. The van der Waals surface area contributed by atoms with Crippen LogP contribution in [0.15, 0.2) is 255 Å². The van der Waals surface area contributed by atoms with Gasteiger partial charge in [-0.15, -0.1) is 0 Å². The topological polar surface area (TPSA) is 6.48 Å². The van der Waals surface area contributed by atoms with E-state index >= 15 is 0 Å². The van der Waals surface area contributed by atoms with Crippen molar-refractivity contribution in [3.05, 3.63) is 288 Å². The van der Waals surface area contributed by atoms with Crippen LogP contribution >= 0.6 is 0 Å². The number of benzene rings is 11. The van der Waals surface area contributed by atoms with E-state index in [2.05, 4.69) is 278 Å². The number of hydrogen-bond acceptors (Lipinski definition) is 2. The highest BCUT2D eigenvalue weighted by molar-refractivity contribution is 5.97. The Kier molecular flexibility index (Phi) is 11.4. The lowest BCUT2D eigenvalue weighted by atomic mass is 9.60. The molecule has 1 spiro atoms. The van der Waals surface area contributed by atoms with Gasteiger partial charge in [-0.2, -0.15) is 0 Å². The summed E-state index contributed by atoms with van der Waals surface area (Å²) in [6.45, 7) is 4.82. The molecular weight excluding hydrogens is 953 g/mol. The van der Waals surface area contributed by atoms with Gasteiger partial charge >= 0.3 is 0 Å². The number of para-hydroxylation sites is 2. The minimum absolute atomic E-state index is 0.122. The SMILES string of the molecule is CC1(C)c2ccccc2-c2ccc(N(c3ccccc3)c3cccc4c3C35c6c(cccc6N(c6ccccc6)c6ccc(-c7cc8ccccc8cc7-c7ccc(-c8ccccc8)cc7)cc6)CC3CCCCCC5C4)cc21. The molecule has 79 heavy (non-hydrogen) atoms. The van der Waals surface area contributed by atoms with E-state index in [1.54, 1.807) is 11.1 Å². The fraction of sp³-hybridized carbons (Fsp3) is 0.169. The predicted molar refractivity (Wildman–Crippen MR) is 332 cm³/mol. The average molecular weight is 1020 g/mol. The molecule has 4 aliphatic rings. The van der Waals surface area contributed by atoms with Gasteiger partial charge in [0, 0.05) is 33.6 Å². The lowest BCUT2D eigenvalue weighted by Crippen LogP contribution is -2.40. The zero-order valence-electron chi connectivity index (χ0n) is 45.2. The van der Waals surface area contributed by atoms with Gasteiger partial charge in [0.2, 0.25) is 0 Å². The molecule has 11 aromatic carbocycles.